The van der Waals surface area contributed by atoms with E-state index in [1.165, 1.54) is 44.2 Å². The summed E-state index contributed by atoms with van der Waals surface area (Å²) in [6.45, 7) is 2.27. The third kappa shape index (κ3) is 6.79. The highest BCUT2D eigenvalue weighted by Crippen LogP contribution is 2.37. The summed E-state index contributed by atoms with van der Waals surface area (Å²) in [5.41, 5.74) is 0.732. The van der Waals surface area contributed by atoms with Crippen molar-refractivity contribution in [1.29, 1.82) is 0 Å². The Morgan fingerprint density at radius 3 is 2.33 bits per heavy atom. The summed E-state index contributed by atoms with van der Waals surface area (Å²) in [5, 5.41) is 0. The molecule has 2 saturated carbocycles. The molecule has 0 radical (unpaired) electrons. The summed E-state index contributed by atoms with van der Waals surface area (Å²) in [6.07, 6.45) is 9.45. The molecule has 0 aliphatic heterocycles. The van der Waals surface area contributed by atoms with Crippen LogP contribution in [0.15, 0.2) is 30.4 Å². The summed E-state index contributed by atoms with van der Waals surface area (Å²) < 4.78 is 54.5. The van der Waals surface area contributed by atoms with E-state index in [2.05, 4.69) is 29.6 Å². The zero-order valence-corrected chi connectivity index (χ0v) is 17.5. The van der Waals surface area contributed by atoms with Crippen LogP contribution in [0.5, 0.6) is 5.75 Å². The van der Waals surface area contributed by atoms with Crippen LogP contribution in [-0.2, 0) is 0 Å². The molecule has 30 heavy (non-hydrogen) atoms. The van der Waals surface area contributed by atoms with E-state index in [4.69, 9.17) is 0 Å². The number of halogens is 4. The Labute approximate surface area is 176 Å². The highest BCUT2D eigenvalue weighted by atomic mass is 19.4. The van der Waals surface area contributed by atoms with Crippen LogP contribution < -0.4 is 4.74 Å². The van der Waals surface area contributed by atoms with E-state index in [9.17, 15) is 17.6 Å². The van der Waals surface area contributed by atoms with Crippen molar-refractivity contribution in [3.05, 3.63) is 41.7 Å². The monoisotopic (exact) mass is 422 g/mol. The van der Waals surface area contributed by atoms with Gasteiger partial charge in [-0.2, -0.15) is 0 Å². The van der Waals surface area contributed by atoms with Crippen LogP contribution in [0.25, 0.3) is 0 Å². The fourth-order valence-corrected chi connectivity index (χ4v) is 4.69. The van der Waals surface area contributed by atoms with Crippen molar-refractivity contribution >= 4 is 0 Å². The van der Waals surface area contributed by atoms with E-state index >= 15 is 0 Å². The second kappa shape index (κ2) is 10.4. The fourth-order valence-electron chi connectivity index (χ4n) is 4.69. The largest absolute Gasteiger partial charge is 0.573 e. The first-order chi connectivity index (χ1) is 14.3. The minimum atomic E-state index is -4.89. The van der Waals surface area contributed by atoms with Crippen molar-refractivity contribution in [2.45, 2.75) is 77.0 Å². The number of alkyl halides is 3. The van der Waals surface area contributed by atoms with Gasteiger partial charge in [-0.1, -0.05) is 37.3 Å². The minimum absolute atomic E-state index is 0.154. The SMILES string of the molecule is CC[C@H]1CC[C@H](C=CC#C[C@H]2CC[C@H](c3ccc(OC(F)(F)F)c(F)c3)CC2)CC1. The van der Waals surface area contributed by atoms with Crippen molar-refractivity contribution in [1.82, 2.24) is 0 Å². The minimum Gasteiger partial charge on any atom is -0.403 e. The first-order valence-electron chi connectivity index (χ1n) is 11.1. The summed E-state index contributed by atoms with van der Waals surface area (Å²) >= 11 is 0. The first kappa shape index (κ1) is 22.7. The Morgan fingerprint density at radius 1 is 1.03 bits per heavy atom. The molecule has 3 rings (SSSR count). The lowest BCUT2D eigenvalue weighted by atomic mass is 9.79. The van der Waals surface area contributed by atoms with Gasteiger partial charge < -0.3 is 4.74 Å². The maximum Gasteiger partial charge on any atom is 0.573 e. The Hall–Kier alpha value is -1.96. The predicted molar refractivity (Wildman–Crippen MR) is 110 cm³/mol. The first-order valence-corrected chi connectivity index (χ1v) is 11.1. The molecule has 0 N–H and O–H groups in total. The van der Waals surface area contributed by atoms with E-state index in [1.54, 1.807) is 0 Å². The lowest BCUT2D eigenvalue weighted by Gasteiger charge is -2.26. The lowest BCUT2D eigenvalue weighted by molar-refractivity contribution is -0.275. The van der Waals surface area contributed by atoms with Crippen LogP contribution in [-0.4, -0.2) is 6.36 Å². The third-order valence-corrected chi connectivity index (χ3v) is 6.59. The number of ether oxygens (including phenoxy) is 1. The molecule has 0 spiro atoms. The summed E-state index contributed by atoms with van der Waals surface area (Å²) in [5.74, 6) is 6.86. The zero-order valence-electron chi connectivity index (χ0n) is 17.5. The lowest BCUT2D eigenvalue weighted by Crippen LogP contribution is -2.18. The molecule has 0 unspecified atom stereocenters. The summed E-state index contributed by atoms with van der Waals surface area (Å²) in [6, 6.07) is 3.79. The highest BCUT2D eigenvalue weighted by Gasteiger charge is 2.32. The van der Waals surface area contributed by atoms with Crippen molar-refractivity contribution in [2.75, 3.05) is 0 Å². The second-order valence-electron chi connectivity index (χ2n) is 8.62. The number of rotatable bonds is 4. The van der Waals surface area contributed by atoms with Gasteiger partial charge in [-0.3, -0.25) is 0 Å². The van der Waals surface area contributed by atoms with Crippen LogP contribution in [0.4, 0.5) is 17.6 Å². The third-order valence-electron chi connectivity index (χ3n) is 6.59. The molecule has 164 valence electrons. The molecule has 2 aliphatic rings. The second-order valence-corrected chi connectivity index (χ2v) is 8.62. The molecular weight excluding hydrogens is 392 g/mol. The van der Waals surface area contributed by atoms with E-state index in [0.29, 0.717) is 11.8 Å². The average Bonchev–Trinajstić information content (AvgIpc) is 2.73. The van der Waals surface area contributed by atoms with Crippen LogP contribution in [0, 0.1) is 35.4 Å². The highest BCUT2D eigenvalue weighted by molar-refractivity contribution is 5.32. The summed E-state index contributed by atoms with van der Waals surface area (Å²) in [4.78, 5) is 0. The molecule has 5 heteroatoms. The molecule has 0 bridgehead atoms. The quantitative estimate of drug-likeness (QED) is 0.356. The Bertz CT molecular complexity index is 771. The molecule has 0 saturated heterocycles. The fraction of sp³-hybridized carbons (Fsp3) is 0.600. The van der Waals surface area contributed by atoms with Gasteiger partial charge in [0.25, 0.3) is 0 Å². The van der Waals surface area contributed by atoms with Gasteiger partial charge in [-0.25, -0.2) is 4.39 Å². The standard InChI is InChI=1S/C25H30F4O/c1-2-18-7-9-19(10-8-18)5-3-4-6-20-11-13-21(14-12-20)22-15-16-24(23(26)17-22)30-25(27,28)29/h3,5,15-21H,2,7-14H2,1H3/t18-,19-,20-,21-. The van der Waals surface area contributed by atoms with Gasteiger partial charge in [0.2, 0.25) is 0 Å². The maximum absolute atomic E-state index is 14.0. The van der Waals surface area contributed by atoms with Gasteiger partial charge in [0, 0.05) is 5.92 Å². The van der Waals surface area contributed by atoms with Crippen molar-refractivity contribution < 1.29 is 22.3 Å². The average molecular weight is 423 g/mol. The van der Waals surface area contributed by atoms with Crippen LogP contribution in [0.2, 0.25) is 0 Å². The smallest absolute Gasteiger partial charge is 0.403 e. The number of hydrogen-bond donors (Lipinski definition) is 0. The number of hydrogen-bond acceptors (Lipinski definition) is 1. The molecule has 1 aromatic rings. The Morgan fingerprint density at radius 2 is 1.73 bits per heavy atom. The Kier molecular flexibility index (Phi) is 7.86. The topological polar surface area (TPSA) is 9.23 Å². The maximum atomic E-state index is 14.0. The number of allylic oxidation sites excluding steroid dienone is 2. The zero-order chi connectivity index (χ0) is 21.6. The van der Waals surface area contributed by atoms with Crippen molar-refractivity contribution in [3.63, 3.8) is 0 Å². The van der Waals surface area contributed by atoms with Crippen LogP contribution >= 0.6 is 0 Å². The van der Waals surface area contributed by atoms with Crippen LogP contribution in [0.3, 0.4) is 0 Å². The van der Waals surface area contributed by atoms with Gasteiger partial charge in [-0.05, 0) is 92.9 Å². The molecule has 0 amide bonds. The van der Waals surface area contributed by atoms with Crippen molar-refractivity contribution in [2.24, 2.45) is 17.8 Å². The van der Waals surface area contributed by atoms with Crippen LogP contribution in [0.1, 0.15) is 76.2 Å². The normalized spacial score (nSPS) is 27.5. The molecule has 2 fully saturated rings. The van der Waals surface area contributed by atoms with Crippen molar-refractivity contribution in [3.8, 4) is 17.6 Å². The molecule has 0 aromatic heterocycles. The van der Waals surface area contributed by atoms with E-state index < -0.39 is 17.9 Å². The van der Waals surface area contributed by atoms with Gasteiger partial charge in [0.1, 0.15) is 0 Å². The van der Waals surface area contributed by atoms with Gasteiger partial charge in [-0.15, -0.1) is 13.2 Å². The molecule has 0 heterocycles. The summed E-state index contributed by atoms with van der Waals surface area (Å²) in [7, 11) is 0. The van der Waals surface area contributed by atoms with E-state index in [-0.39, 0.29) is 5.92 Å². The van der Waals surface area contributed by atoms with Gasteiger partial charge in [0.15, 0.2) is 11.6 Å². The molecular formula is C25H30F4O. The number of benzene rings is 1. The molecule has 0 atom stereocenters. The molecule has 2 aliphatic carbocycles. The van der Waals surface area contributed by atoms with Gasteiger partial charge in [0.05, 0.1) is 0 Å². The Balaban J connectivity index is 1.46. The molecule has 1 nitrogen and oxygen atoms in total. The van der Waals surface area contributed by atoms with E-state index in [0.717, 1.165) is 43.2 Å². The van der Waals surface area contributed by atoms with Gasteiger partial charge >= 0.3 is 6.36 Å². The van der Waals surface area contributed by atoms with E-state index in [1.807, 2.05) is 6.08 Å². The predicted octanol–water partition coefficient (Wildman–Crippen LogP) is 7.77. The molecule has 1 aromatic carbocycles.